The summed E-state index contributed by atoms with van der Waals surface area (Å²) in [6.07, 6.45) is 6.23. The van der Waals surface area contributed by atoms with Crippen molar-refractivity contribution >= 4 is 62.7 Å². The zero-order valence-corrected chi connectivity index (χ0v) is 36.3. The molecule has 4 heterocycles. The number of hydrogen-bond acceptors (Lipinski definition) is 10. The van der Waals surface area contributed by atoms with Gasteiger partial charge >= 0.3 is 0 Å². The van der Waals surface area contributed by atoms with Crippen LogP contribution in [-0.4, -0.2) is 129 Å². The summed E-state index contributed by atoms with van der Waals surface area (Å²) in [6, 6.07) is 18.6. The van der Waals surface area contributed by atoms with E-state index in [1.807, 2.05) is 30.3 Å². The van der Waals surface area contributed by atoms with Crippen LogP contribution in [0.25, 0.3) is 21.8 Å². The second-order valence-corrected chi connectivity index (χ2v) is 17.6. The summed E-state index contributed by atoms with van der Waals surface area (Å²) < 4.78 is 1.39. The van der Waals surface area contributed by atoms with E-state index in [2.05, 4.69) is 37.8 Å². The number of pyridine rings is 1. The van der Waals surface area contributed by atoms with E-state index >= 15 is 0 Å². The zero-order chi connectivity index (χ0) is 44.1. The maximum absolute atomic E-state index is 14.1. The number of aryl methyl sites for hydroxylation is 1. The number of aliphatic hydroxyl groups is 1. The van der Waals surface area contributed by atoms with Crippen LogP contribution in [0.4, 0.5) is 5.69 Å². The molecule has 1 unspecified atom stereocenters. The van der Waals surface area contributed by atoms with Crippen LogP contribution in [-0.2, 0) is 40.2 Å². The van der Waals surface area contributed by atoms with Gasteiger partial charge in [0.2, 0.25) is 17.7 Å². The Bertz CT molecular complexity index is 2570. The van der Waals surface area contributed by atoms with E-state index in [4.69, 9.17) is 16.6 Å². The Morgan fingerprint density at radius 1 is 0.873 bits per heavy atom. The fourth-order valence-corrected chi connectivity index (χ4v) is 9.17. The smallest absolute Gasteiger partial charge is 0.261 e. The average molecular weight is 876 g/mol. The number of hydrogen-bond donors (Lipinski definition) is 4. The maximum atomic E-state index is 14.1. The number of carbonyl (C=O) groups excluding carboxylic acids is 4. The summed E-state index contributed by atoms with van der Waals surface area (Å²) in [4.78, 5) is 82.4. The minimum Gasteiger partial charge on any atom is -0.388 e. The lowest BCUT2D eigenvalue weighted by atomic mass is 9.90. The van der Waals surface area contributed by atoms with E-state index in [1.54, 1.807) is 41.3 Å². The molecular formula is C47H54ClN9O6. The zero-order valence-electron chi connectivity index (χ0n) is 35.6. The molecule has 1 atom stereocenters. The Hall–Kier alpha value is -5.74. The summed E-state index contributed by atoms with van der Waals surface area (Å²) in [7, 11) is 2.09. The van der Waals surface area contributed by atoms with Crippen molar-refractivity contribution in [3.8, 4) is 0 Å². The van der Waals surface area contributed by atoms with Crippen molar-refractivity contribution in [1.82, 2.24) is 39.9 Å². The van der Waals surface area contributed by atoms with Crippen molar-refractivity contribution < 1.29 is 24.3 Å². The number of nitrogens with zero attached hydrogens (tertiary/aromatic N) is 6. The second kappa shape index (κ2) is 19.3. The number of piperazine rings is 1. The minimum absolute atomic E-state index is 0.0199. The standard InChI is InChI=1S/C47H54ClN9O6/c1-54-21-23-55(24-22-54)18-15-41(58)51-33-12-14-36-38(27-33)50-30-57(45(36)61)29-47(63)16-19-56(20-17-47)46(62)40(25-31-7-3-2-4-8-31)53-42(59)28-49-44(60)32-11-13-35-39(26-32)52-37-10-6-5-9-34(37)43(35)48/h2-4,7-8,11-14,26-27,30,40,63H,5-6,9-10,15-25,28-29H2,1H3,(H,49,60)(H,51,58)(H,53,59). The third kappa shape index (κ3) is 10.6. The molecule has 4 N–H and O–H groups in total. The van der Waals surface area contributed by atoms with Crippen LogP contribution in [0.5, 0.6) is 0 Å². The van der Waals surface area contributed by atoms with Crippen molar-refractivity contribution in [3.63, 3.8) is 0 Å². The molecule has 16 heteroatoms. The minimum atomic E-state index is -1.29. The summed E-state index contributed by atoms with van der Waals surface area (Å²) in [5.74, 6) is -1.40. The normalized spacial score (nSPS) is 17.2. The van der Waals surface area contributed by atoms with Gasteiger partial charge in [0, 0.05) is 81.0 Å². The fourth-order valence-electron chi connectivity index (χ4n) is 8.81. The fraction of sp³-hybridized carbons (Fsp3) is 0.426. The Kier molecular flexibility index (Phi) is 13.5. The monoisotopic (exact) mass is 875 g/mol. The Balaban J connectivity index is 0.861. The Morgan fingerprint density at radius 2 is 1.62 bits per heavy atom. The molecule has 0 bridgehead atoms. The van der Waals surface area contributed by atoms with Gasteiger partial charge in [0.1, 0.15) is 6.04 Å². The van der Waals surface area contributed by atoms with Crippen LogP contribution >= 0.6 is 11.6 Å². The number of amides is 4. The molecule has 330 valence electrons. The van der Waals surface area contributed by atoms with Crippen LogP contribution in [0.1, 0.15) is 59.3 Å². The van der Waals surface area contributed by atoms with Gasteiger partial charge in [0.15, 0.2) is 0 Å². The number of likely N-dealkylation sites (tertiary alicyclic amines) is 1. The van der Waals surface area contributed by atoms with Crippen molar-refractivity contribution in [1.29, 1.82) is 0 Å². The number of halogens is 1. The van der Waals surface area contributed by atoms with E-state index in [9.17, 15) is 29.1 Å². The van der Waals surface area contributed by atoms with Crippen LogP contribution in [0.3, 0.4) is 0 Å². The SMILES string of the molecule is CN1CCN(CCC(=O)Nc2ccc3c(=O)n(CC4(O)CCN(C(=O)C(Cc5ccccc5)NC(=O)CNC(=O)c5ccc6c(Cl)c7c(nc6c5)CCCC7)CC4)cnc3c2)CC1. The maximum Gasteiger partial charge on any atom is 0.261 e. The molecule has 2 saturated heterocycles. The number of carbonyl (C=O) groups is 4. The molecule has 2 fully saturated rings. The van der Waals surface area contributed by atoms with Crippen molar-refractivity contribution in [2.75, 3.05) is 64.7 Å². The van der Waals surface area contributed by atoms with E-state index in [0.29, 0.717) is 45.7 Å². The number of rotatable bonds is 13. The molecule has 2 aromatic heterocycles. The Labute approximate surface area is 370 Å². The molecule has 15 nitrogen and oxygen atoms in total. The average Bonchev–Trinajstić information content (AvgIpc) is 3.29. The lowest BCUT2D eigenvalue weighted by Crippen LogP contribution is -2.56. The van der Waals surface area contributed by atoms with Crippen molar-refractivity contribution in [2.24, 2.45) is 0 Å². The summed E-state index contributed by atoms with van der Waals surface area (Å²) in [5, 5.41) is 22.0. The van der Waals surface area contributed by atoms with Gasteiger partial charge in [0.05, 0.1) is 46.5 Å². The number of piperidine rings is 1. The first kappa shape index (κ1) is 43.9. The van der Waals surface area contributed by atoms with E-state index in [1.165, 1.54) is 10.9 Å². The predicted molar refractivity (Wildman–Crippen MR) is 242 cm³/mol. The molecule has 8 rings (SSSR count). The first-order chi connectivity index (χ1) is 30.4. The third-order valence-electron chi connectivity index (χ3n) is 12.6. The van der Waals surface area contributed by atoms with E-state index < -0.39 is 23.5 Å². The van der Waals surface area contributed by atoms with E-state index in [-0.39, 0.29) is 62.8 Å². The van der Waals surface area contributed by atoms with Gasteiger partial charge in [-0.1, -0.05) is 48.0 Å². The molecule has 0 spiro atoms. The highest BCUT2D eigenvalue weighted by atomic mass is 35.5. The van der Waals surface area contributed by atoms with Gasteiger partial charge in [0.25, 0.3) is 11.5 Å². The molecule has 2 aliphatic heterocycles. The Morgan fingerprint density at radius 3 is 2.40 bits per heavy atom. The molecule has 4 amide bonds. The molecule has 5 aromatic rings. The predicted octanol–water partition coefficient (Wildman–Crippen LogP) is 3.56. The molecular weight excluding hydrogens is 822 g/mol. The molecule has 3 aromatic carbocycles. The summed E-state index contributed by atoms with van der Waals surface area (Å²) >= 11 is 6.73. The lowest BCUT2D eigenvalue weighted by molar-refractivity contribution is -0.140. The molecule has 63 heavy (non-hydrogen) atoms. The highest BCUT2D eigenvalue weighted by Gasteiger charge is 2.37. The topological polar surface area (TPSA) is 182 Å². The summed E-state index contributed by atoms with van der Waals surface area (Å²) in [6.45, 7) is 4.54. The quantitative estimate of drug-likeness (QED) is 0.137. The highest BCUT2D eigenvalue weighted by molar-refractivity contribution is 6.36. The highest BCUT2D eigenvalue weighted by Crippen LogP contribution is 2.33. The van der Waals surface area contributed by atoms with Gasteiger partial charge in [-0.25, -0.2) is 4.98 Å². The summed E-state index contributed by atoms with van der Waals surface area (Å²) in [5.41, 5.74) is 3.23. The first-order valence-corrected chi connectivity index (χ1v) is 22.2. The van der Waals surface area contributed by atoms with Crippen LogP contribution < -0.4 is 21.5 Å². The van der Waals surface area contributed by atoms with Crippen LogP contribution in [0.2, 0.25) is 5.02 Å². The first-order valence-electron chi connectivity index (χ1n) is 21.8. The number of likely N-dealkylation sites (N-methyl/N-ethyl adjacent to an activating group) is 1. The van der Waals surface area contributed by atoms with Gasteiger partial charge in [-0.2, -0.15) is 0 Å². The second-order valence-electron chi connectivity index (χ2n) is 17.2. The molecule has 3 aliphatic rings. The van der Waals surface area contributed by atoms with Crippen molar-refractivity contribution in [2.45, 2.75) is 69.6 Å². The number of anilines is 1. The van der Waals surface area contributed by atoms with Gasteiger partial charge in [-0.3, -0.25) is 33.5 Å². The van der Waals surface area contributed by atoms with Crippen LogP contribution in [0.15, 0.2) is 77.9 Å². The van der Waals surface area contributed by atoms with Crippen molar-refractivity contribution in [3.05, 3.63) is 111 Å². The van der Waals surface area contributed by atoms with Gasteiger partial charge < -0.3 is 35.8 Å². The number of nitrogens with one attached hydrogen (secondary N) is 3. The number of aromatic nitrogens is 3. The van der Waals surface area contributed by atoms with Crippen LogP contribution in [0, 0.1) is 0 Å². The largest absolute Gasteiger partial charge is 0.388 e. The molecule has 0 saturated carbocycles. The van der Waals surface area contributed by atoms with Gasteiger partial charge in [-0.05, 0) is 87.0 Å². The van der Waals surface area contributed by atoms with E-state index in [0.717, 1.165) is 74.1 Å². The molecule has 1 aliphatic carbocycles. The lowest BCUT2D eigenvalue weighted by Gasteiger charge is -2.39. The number of fused-ring (bicyclic) bond motifs is 3. The van der Waals surface area contributed by atoms with Gasteiger partial charge in [-0.15, -0.1) is 0 Å². The number of benzene rings is 3. The third-order valence-corrected chi connectivity index (χ3v) is 13.0. The molecule has 0 radical (unpaired) electrons.